The van der Waals surface area contributed by atoms with Gasteiger partial charge in [0.2, 0.25) is 0 Å². The minimum Gasteiger partial charge on any atom is -0.340 e. The Hall–Kier alpha value is -3.14. The molecule has 0 saturated heterocycles. The number of fused-ring (bicyclic) bond motifs is 1. The largest absolute Gasteiger partial charge is 0.340 e. The first-order valence-corrected chi connectivity index (χ1v) is 10.8. The van der Waals surface area contributed by atoms with Crippen molar-refractivity contribution in [3.05, 3.63) is 87.4 Å². The first-order valence-electron chi connectivity index (χ1n) is 10.8. The average Bonchev–Trinajstić information content (AvgIpc) is 3.42. The van der Waals surface area contributed by atoms with Crippen LogP contribution in [-0.4, -0.2) is 9.38 Å². The Labute approximate surface area is 177 Å². The molecule has 152 valence electrons. The Morgan fingerprint density at radius 3 is 2.73 bits per heavy atom. The molecular weight excluding hydrogens is 370 g/mol. The lowest BCUT2D eigenvalue weighted by Crippen LogP contribution is -2.20. The first-order chi connectivity index (χ1) is 14.5. The molecule has 0 bridgehead atoms. The third-order valence-electron chi connectivity index (χ3n) is 6.24. The zero-order valence-electron chi connectivity index (χ0n) is 17.8. The highest BCUT2D eigenvalue weighted by Crippen LogP contribution is 2.38. The van der Waals surface area contributed by atoms with Gasteiger partial charge in [0.15, 0.2) is 0 Å². The van der Waals surface area contributed by atoms with E-state index in [1.165, 1.54) is 30.4 Å². The molecule has 4 heteroatoms. The van der Waals surface area contributed by atoms with Crippen molar-refractivity contribution in [3.8, 4) is 0 Å². The van der Waals surface area contributed by atoms with Crippen LogP contribution in [0.1, 0.15) is 41.5 Å². The lowest BCUT2D eigenvalue weighted by atomic mass is 10.0. The van der Waals surface area contributed by atoms with Crippen molar-refractivity contribution >= 4 is 22.7 Å². The van der Waals surface area contributed by atoms with Crippen LogP contribution in [0.5, 0.6) is 0 Å². The summed E-state index contributed by atoms with van der Waals surface area (Å²) in [6, 6.07) is 10.2. The summed E-state index contributed by atoms with van der Waals surface area (Å²) in [6.07, 6.45) is 12.7. The number of benzene rings is 1. The van der Waals surface area contributed by atoms with Crippen molar-refractivity contribution in [2.24, 2.45) is 11.8 Å². The van der Waals surface area contributed by atoms with Gasteiger partial charge >= 0.3 is 0 Å². The maximum atomic E-state index is 13.1. The van der Waals surface area contributed by atoms with Gasteiger partial charge in [-0.05, 0) is 73.9 Å². The summed E-state index contributed by atoms with van der Waals surface area (Å²) in [5.41, 5.74) is 6.81. The molecule has 1 N–H and O–H groups in total. The molecule has 2 aromatic heterocycles. The molecule has 1 atom stereocenters. The van der Waals surface area contributed by atoms with Crippen LogP contribution < -0.4 is 10.9 Å². The molecule has 4 nitrogen and oxygen atoms in total. The SMILES string of the molecule is Cc1ccc(Nc2nc3ccc(C4=CC(CC5CC5)C=C4)cn3c(=O)c2C)c(C)c1. The summed E-state index contributed by atoms with van der Waals surface area (Å²) in [4.78, 5) is 17.8. The Balaban J connectivity index is 1.48. The molecule has 1 aromatic carbocycles. The monoisotopic (exact) mass is 397 g/mol. The number of rotatable bonds is 5. The number of anilines is 2. The highest BCUT2D eigenvalue weighted by Gasteiger charge is 2.25. The molecule has 0 radical (unpaired) electrons. The smallest absolute Gasteiger partial charge is 0.262 e. The highest BCUT2D eigenvalue weighted by atomic mass is 16.1. The van der Waals surface area contributed by atoms with Gasteiger partial charge in [-0.2, -0.15) is 0 Å². The second-order valence-corrected chi connectivity index (χ2v) is 8.80. The number of allylic oxidation sites excluding steroid dienone is 4. The minimum absolute atomic E-state index is 0.0359. The molecule has 0 aliphatic heterocycles. The highest BCUT2D eigenvalue weighted by molar-refractivity contribution is 5.77. The molecule has 0 spiro atoms. The predicted octanol–water partition coefficient (Wildman–Crippen LogP) is 5.73. The second-order valence-electron chi connectivity index (χ2n) is 8.80. The number of pyridine rings is 1. The number of nitrogens with one attached hydrogen (secondary N) is 1. The van der Waals surface area contributed by atoms with Crippen LogP contribution in [0.25, 0.3) is 11.2 Å². The van der Waals surface area contributed by atoms with E-state index in [1.54, 1.807) is 4.40 Å². The molecule has 30 heavy (non-hydrogen) atoms. The number of aromatic nitrogens is 2. The quantitative estimate of drug-likeness (QED) is 0.598. The van der Waals surface area contributed by atoms with Crippen molar-refractivity contribution in [1.29, 1.82) is 0 Å². The topological polar surface area (TPSA) is 46.4 Å². The number of hydrogen-bond donors (Lipinski definition) is 1. The van der Waals surface area contributed by atoms with E-state index in [4.69, 9.17) is 4.98 Å². The Kier molecular flexibility index (Phi) is 4.58. The van der Waals surface area contributed by atoms with E-state index in [0.717, 1.165) is 22.7 Å². The van der Waals surface area contributed by atoms with Crippen LogP contribution in [0.3, 0.4) is 0 Å². The standard InChI is InChI=1S/C26H27N3O/c1-16-4-10-23(17(2)12-16)27-25-18(3)26(30)29-15-22(9-11-24(29)28-25)21-8-7-20(14-21)13-19-5-6-19/h4,7-12,14-15,19-20,27H,5-6,13H2,1-3H3. The molecule has 5 rings (SSSR count). The van der Waals surface area contributed by atoms with Gasteiger partial charge < -0.3 is 5.32 Å². The van der Waals surface area contributed by atoms with Gasteiger partial charge in [-0.1, -0.05) is 48.8 Å². The van der Waals surface area contributed by atoms with Gasteiger partial charge in [0.05, 0.1) is 5.56 Å². The summed E-state index contributed by atoms with van der Waals surface area (Å²) in [7, 11) is 0. The van der Waals surface area contributed by atoms with Gasteiger partial charge in [0, 0.05) is 11.9 Å². The molecule has 1 saturated carbocycles. The average molecular weight is 398 g/mol. The van der Waals surface area contributed by atoms with E-state index in [-0.39, 0.29) is 5.56 Å². The van der Waals surface area contributed by atoms with E-state index in [2.05, 4.69) is 55.6 Å². The van der Waals surface area contributed by atoms with Crippen molar-refractivity contribution in [3.63, 3.8) is 0 Å². The van der Waals surface area contributed by atoms with Gasteiger partial charge in [0.1, 0.15) is 11.5 Å². The number of nitrogens with zero attached hydrogens (tertiary/aromatic N) is 2. The predicted molar refractivity (Wildman–Crippen MR) is 123 cm³/mol. The lowest BCUT2D eigenvalue weighted by molar-refractivity contribution is 0.644. The Morgan fingerprint density at radius 2 is 1.97 bits per heavy atom. The normalized spacial score (nSPS) is 18.1. The van der Waals surface area contributed by atoms with E-state index in [0.29, 0.717) is 22.9 Å². The van der Waals surface area contributed by atoms with Gasteiger partial charge in [0.25, 0.3) is 5.56 Å². The maximum absolute atomic E-state index is 13.1. The lowest BCUT2D eigenvalue weighted by Gasteiger charge is -2.13. The maximum Gasteiger partial charge on any atom is 0.262 e. The van der Waals surface area contributed by atoms with E-state index < -0.39 is 0 Å². The van der Waals surface area contributed by atoms with Crippen LogP contribution in [0, 0.1) is 32.6 Å². The number of hydrogen-bond acceptors (Lipinski definition) is 3. The van der Waals surface area contributed by atoms with Crippen molar-refractivity contribution in [1.82, 2.24) is 9.38 Å². The van der Waals surface area contributed by atoms with Crippen LogP contribution in [0.15, 0.2) is 59.6 Å². The van der Waals surface area contributed by atoms with Crippen LogP contribution in [0.2, 0.25) is 0 Å². The number of aryl methyl sites for hydroxylation is 2. The fourth-order valence-electron chi connectivity index (χ4n) is 4.25. The zero-order chi connectivity index (χ0) is 20.8. The first kappa shape index (κ1) is 18.9. The summed E-state index contributed by atoms with van der Waals surface area (Å²) in [5.74, 6) is 2.05. The van der Waals surface area contributed by atoms with E-state index in [1.807, 2.05) is 25.3 Å². The van der Waals surface area contributed by atoms with Crippen LogP contribution >= 0.6 is 0 Å². The molecule has 2 aliphatic carbocycles. The summed E-state index contributed by atoms with van der Waals surface area (Å²) in [6.45, 7) is 5.97. The Bertz CT molecular complexity index is 1260. The van der Waals surface area contributed by atoms with Gasteiger partial charge in [-0.15, -0.1) is 0 Å². The zero-order valence-corrected chi connectivity index (χ0v) is 17.8. The fraction of sp³-hybridized carbons (Fsp3) is 0.308. The molecular formula is C26H27N3O. The molecule has 2 aliphatic rings. The molecule has 3 aromatic rings. The second kappa shape index (κ2) is 7.28. The van der Waals surface area contributed by atoms with Gasteiger partial charge in [-0.25, -0.2) is 4.98 Å². The Morgan fingerprint density at radius 1 is 1.13 bits per heavy atom. The summed E-state index contributed by atoms with van der Waals surface area (Å²) in [5, 5.41) is 3.35. The third-order valence-corrected chi connectivity index (χ3v) is 6.24. The molecule has 2 heterocycles. The third kappa shape index (κ3) is 3.58. The van der Waals surface area contributed by atoms with Crippen LogP contribution in [-0.2, 0) is 0 Å². The van der Waals surface area contributed by atoms with Crippen molar-refractivity contribution < 1.29 is 0 Å². The fourth-order valence-corrected chi connectivity index (χ4v) is 4.25. The van der Waals surface area contributed by atoms with Crippen molar-refractivity contribution in [2.75, 3.05) is 5.32 Å². The van der Waals surface area contributed by atoms with Gasteiger partial charge in [-0.3, -0.25) is 9.20 Å². The summed E-state index contributed by atoms with van der Waals surface area (Å²) >= 11 is 0. The van der Waals surface area contributed by atoms with Crippen LogP contribution in [0.4, 0.5) is 11.5 Å². The minimum atomic E-state index is -0.0359. The van der Waals surface area contributed by atoms with E-state index >= 15 is 0 Å². The molecule has 0 amide bonds. The van der Waals surface area contributed by atoms with Crippen molar-refractivity contribution in [2.45, 2.75) is 40.0 Å². The molecule has 1 fully saturated rings. The molecule has 1 unspecified atom stereocenters. The van der Waals surface area contributed by atoms with E-state index in [9.17, 15) is 4.79 Å². The summed E-state index contributed by atoms with van der Waals surface area (Å²) < 4.78 is 1.67.